The van der Waals surface area contributed by atoms with Gasteiger partial charge in [-0.05, 0) is 12.8 Å². The standard InChI is InChI=1S/C10H23O3P/c1-3-5-7-9-12-14(11)13-10-8-6-4-2/h11H,3-10H2,1-2H3. The summed E-state index contributed by atoms with van der Waals surface area (Å²) in [4.78, 5) is 9.27. The Hall–Kier alpha value is 0.310. The Morgan fingerprint density at radius 3 is 1.64 bits per heavy atom. The van der Waals surface area contributed by atoms with Gasteiger partial charge in [-0.3, -0.25) is 0 Å². The summed E-state index contributed by atoms with van der Waals surface area (Å²) in [6.07, 6.45) is 6.66. The Morgan fingerprint density at radius 1 is 0.857 bits per heavy atom. The molecule has 86 valence electrons. The Bertz CT molecular complexity index is 99.5. The lowest BCUT2D eigenvalue weighted by molar-refractivity contribution is 0.194. The Labute approximate surface area is 88.8 Å². The zero-order chi connectivity index (χ0) is 10.6. The van der Waals surface area contributed by atoms with Crippen LogP contribution in [0.15, 0.2) is 0 Å². The molecule has 0 aliphatic rings. The first-order chi connectivity index (χ1) is 6.81. The molecule has 0 bridgehead atoms. The lowest BCUT2D eigenvalue weighted by Crippen LogP contribution is -1.94. The molecule has 0 atom stereocenters. The Kier molecular flexibility index (Phi) is 11.6. The number of unbranched alkanes of at least 4 members (excludes halogenated alkanes) is 4. The molecular formula is C10H23O3P. The second kappa shape index (κ2) is 11.4. The molecule has 0 radical (unpaired) electrons. The first-order valence-corrected chi connectivity index (χ1v) is 6.69. The Morgan fingerprint density at radius 2 is 1.29 bits per heavy atom. The molecule has 14 heavy (non-hydrogen) atoms. The summed E-state index contributed by atoms with van der Waals surface area (Å²) >= 11 is 0. The van der Waals surface area contributed by atoms with Crippen LogP contribution in [0.3, 0.4) is 0 Å². The largest absolute Gasteiger partial charge is 0.329 e. The van der Waals surface area contributed by atoms with Crippen LogP contribution >= 0.6 is 8.60 Å². The molecule has 0 heterocycles. The summed E-state index contributed by atoms with van der Waals surface area (Å²) in [5.74, 6) is 0. The van der Waals surface area contributed by atoms with E-state index < -0.39 is 8.60 Å². The molecule has 0 saturated carbocycles. The van der Waals surface area contributed by atoms with Gasteiger partial charge in [0.2, 0.25) is 0 Å². The van der Waals surface area contributed by atoms with Crippen LogP contribution in [0.2, 0.25) is 0 Å². The number of rotatable bonds is 10. The van der Waals surface area contributed by atoms with Gasteiger partial charge in [0.15, 0.2) is 0 Å². The fourth-order valence-electron chi connectivity index (χ4n) is 1.03. The molecule has 0 unspecified atom stereocenters. The molecule has 0 fully saturated rings. The molecule has 0 aliphatic heterocycles. The third-order valence-corrected chi connectivity index (χ3v) is 2.71. The first-order valence-electron chi connectivity index (χ1n) is 5.56. The van der Waals surface area contributed by atoms with Crippen LogP contribution in [0.25, 0.3) is 0 Å². The predicted molar refractivity (Wildman–Crippen MR) is 60.1 cm³/mol. The molecule has 0 aromatic heterocycles. The van der Waals surface area contributed by atoms with E-state index in [9.17, 15) is 4.89 Å². The topological polar surface area (TPSA) is 38.7 Å². The summed E-state index contributed by atoms with van der Waals surface area (Å²) in [5.41, 5.74) is 0. The van der Waals surface area contributed by atoms with Crippen LogP contribution < -0.4 is 0 Å². The quantitative estimate of drug-likeness (QED) is 0.453. The van der Waals surface area contributed by atoms with Crippen molar-refractivity contribution in [3.63, 3.8) is 0 Å². The van der Waals surface area contributed by atoms with E-state index in [4.69, 9.17) is 9.05 Å². The van der Waals surface area contributed by atoms with Crippen molar-refractivity contribution in [2.45, 2.75) is 52.4 Å². The average molecular weight is 222 g/mol. The first kappa shape index (κ1) is 14.3. The lowest BCUT2D eigenvalue weighted by atomic mass is 10.3. The van der Waals surface area contributed by atoms with Gasteiger partial charge >= 0.3 is 8.60 Å². The summed E-state index contributed by atoms with van der Waals surface area (Å²) in [6.45, 7) is 5.51. The van der Waals surface area contributed by atoms with Gasteiger partial charge in [-0.15, -0.1) is 0 Å². The van der Waals surface area contributed by atoms with Crippen LogP contribution in [0.1, 0.15) is 52.4 Å². The van der Waals surface area contributed by atoms with E-state index in [1.54, 1.807) is 0 Å². The summed E-state index contributed by atoms with van der Waals surface area (Å²) in [5, 5.41) is 0. The minimum Gasteiger partial charge on any atom is -0.328 e. The van der Waals surface area contributed by atoms with E-state index in [2.05, 4.69) is 13.8 Å². The van der Waals surface area contributed by atoms with E-state index in [-0.39, 0.29) is 0 Å². The van der Waals surface area contributed by atoms with Crippen LogP contribution in [0.4, 0.5) is 0 Å². The molecule has 0 aliphatic carbocycles. The SMILES string of the molecule is CCCCCOP(O)OCCCCC. The fourth-order valence-corrected chi connectivity index (χ4v) is 1.67. The van der Waals surface area contributed by atoms with Crippen molar-refractivity contribution in [3.05, 3.63) is 0 Å². The minimum absolute atomic E-state index is 0.615. The lowest BCUT2D eigenvalue weighted by Gasteiger charge is -2.09. The second-order valence-electron chi connectivity index (χ2n) is 3.32. The van der Waals surface area contributed by atoms with Gasteiger partial charge in [0.1, 0.15) is 0 Å². The fraction of sp³-hybridized carbons (Fsp3) is 1.00. The van der Waals surface area contributed by atoms with Crippen LogP contribution in [0.5, 0.6) is 0 Å². The van der Waals surface area contributed by atoms with Gasteiger partial charge in [-0.25, -0.2) is 0 Å². The highest BCUT2D eigenvalue weighted by atomic mass is 31.2. The van der Waals surface area contributed by atoms with Crippen LogP contribution in [-0.2, 0) is 9.05 Å². The average Bonchev–Trinajstić information content (AvgIpc) is 2.19. The molecule has 0 amide bonds. The molecule has 0 aromatic carbocycles. The highest BCUT2D eigenvalue weighted by Crippen LogP contribution is 2.33. The maximum atomic E-state index is 9.27. The molecule has 1 N–H and O–H groups in total. The van der Waals surface area contributed by atoms with Gasteiger partial charge < -0.3 is 13.9 Å². The van der Waals surface area contributed by atoms with Crippen molar-refractivity contribution >= 4 is 8.60 Å². The van der Waals surface area contributed by atoms with E-state index in [0.717, 1.165) is 25.7 Å². The maximum absolute atomic E-state index is 9.27. The van der Waals surface area contributed by atoms with Crippen LogP contribution in [-0.4, -0.2) is 18.1 Å². The monoisotopic (exact) mass is 222 g/mol. The smallest absolute Gasteiger partial charge is 0.328 e. The normalized spacial score (nSPS) is 11.1. The zero-order valence-electron chi connectivity index (χ0n) is 9.37. The highest BCUT2D eigenvalue weighted by Gasteiger charge is 2.04. The molecule has 0 saturated heterocycles. The van der Waals surface area contributed by atoms with Crippen molar-refractivity contribution < 1.29 is 13.9 Å². The van der Waals surface area contributed by atoms with E-state index in [1.807, 2.05) is 0 Å². The minimum atomic E-state index is -1.61. The zero-order valence-corrected chi connectivity index (χ0v) is 10.3. The van der Waals surface area contributed by atoms with Gasteiger partial charge in [-0.2, -0.15) is 0 Å². The van der Waals surface area contributed by atoms with Crippen molar-refractivity contribution in [2.75, 3.05) is 13.2 Å². The summed E-state index contributed by atoms with van der Waals surface area (Å²) < 4.78 is 10.2. The van der Waals surface area contributed by atoms with Gasteiger partial charge in [0.05, 0.1) is 13.2 Å². The Balaban J connectivity index is 3.07. The number of hydrogen-bond acceptors (Lipinski definition) is 3. The van der Waals surface area contributed by atoms with Gasteiger partial charge in [0.25, 0.3) is 0 Å². The summed E-state index contributed by atoms with van der Waals surface area (Å²) in [6, 6.07) is 0. The van der Waals surface area contributed by atoms with Gasteiger partial charge in [-0.1, -0.05) is 39.5 Å². The molecule has 0 spiro atoms. The highest BCUT2D eigenvalue weighted by molar-refractivity contribution is 7.40. The van der Waals surface area contributed by atoms with E-state index in [0.29, 0.717) is 13.2 Å². The molecule has 4 heteroatoms. The van der Waals surface area contributed by atoms with E-state index in [1.165, 1.54) is 12.8 Å². The van der Waals surface area contributed by atoms with Crippen molar-refractivity contribution in [2.24, 2.45) is 0 Å². The van der Waals surface area contributed by atoms with Crippen molar-refractivity contribution in [1.82, 2.24) is 0 Å². The molecular weight excluding hydrogens is 199 g/mol. The van der Waals surface area contributed by atoms with Crippen LogP contribution in [0, 0.1) is 0 Å². The third kappa shape index (κ3) is 10.4. The van der Waals surface area contributed by atoms with Crippen molar-refractivity contribution in [3.8, 4) is 0 Å². The predicted octanol–water partition coefficient (Wildman–Crippen LogP) is 3.62. The molecule has 0 aromatic rings. The maximum Gasteiger partial charge on any atom is 0.329 e. The summed E-state index contributed by atoms with van der Waals surface area (Å²) in [7, 11) is -1.61. The second-order valence-corrected chi connectivity index (χ2v) is 4.31. The number of hydrogen-bond donors (Lipinski definition) is 1. The van der Waals surface area contributed by atoms with Gasteiger partial charge in [0, 0.05) is 0 Å². The van der Waals surface area contributed by atoms with E-state index >= 15 is 0 Å². The molecule has 0 rings (SSSR count). The molecule has 3 nitrogen and oxygen atoms in total. The third-order valence-electron chi connectivity index (χ3n) is 1.90. The van der Waals surface area contributed by atoms with Crippen molar-refractivity contribution in [1.29, 1.82) is 0 Å².